The zero-order valence-electron chi connectivity index (χ0n) is 13.4. The minimum atomic E-state index is -0.668. The Kier molecular flexibility index (Phi) is 4.92. The fourth-order valence-electron chi connectivity index (χ4n) is 3.00. The molecule has 3 rings (SSSR count). The van der Waals surface area contributed by atoms with Gasteiger partial charge in [0, 0.05) is 17.9 Å². The highest BCUT2D eigenvalue weighted by atomic mass is 35.5. The fraction of sp³-hybridized carbons (Fsp3) is 0.438. The van der Waals surface area contributed by atoms with Crippen LogP contribution in [0.5, 0.6) is 0 Å². The maximum absolute atomic E-state index is 13.1. The van der Waals surface area contributed by atoms with E-state index in [-0.39, 0.29) is 15.8 Å². The zero-order valence-corrected chi connectivity index (χ0v) is 15.0. The Morgan fingerprint density at radius 3 is 3.00 bits per heavy atom. The average molecular weight is 387 g/mol. The van der Waals surface area contributed by atoms with Gasteiger partial charge in [0.05, 0.1) is 9.89 Å². The third-order valence-electron chi connectivity index (χ3n) is 4.27. The summed E-state index contributed by atoms with van der Waals surface area (Å²) in [6.45, 7) is 1.44. The van der Waals surface area contributed by atoms with E-state index >= 15 is 0 Å². The van der Waals surface area contributed by atoms with Crippen molar-refractivity contribution in [3.63, 3.8) is 0 Å². The van der Waals surface area contributed by atoms with Gasteiger partial charge in [-0.2, -0.15) is 0 Å². The lowest BCUT2D eigenvalue weighted by Gasteiger charge is -2.29. The highest BCUT2D eigenvalue weighted by molar-refractivity contribution is 8.01. The van der Waals surface area contributed by atoms with Crippen LogP contribution in [0.25, 0.3) is 0 Å². The average Bonchev–Trinajstić information content (AvgIpc) is 3.05. The number of fused-ring (bicyclic) bond motifs is 1. The predicted molar refractivity (Wildman–Crippen MR) is 91.7 cm³/mol. The van der Waals surface area contributed by atoms with Gasteiger partial charge in [-0.25, -0.2) is 9.18 Å². The maximum atomic E-state index is 13.1. The van der Waals surface area contributed by atoms with Gasteiger partial charge in [0.1, 0.15) is 11.9 Å². The molecule has 134 valence electrons. The molecule has 25 heavy (non-hydrogen) atoms. The Morgan fingerprint density at radius 1 is 1.52 bits per heavy atom. The molecule has 2 saturated heterocycles. The number of esters is 1. The van der Waals surface area contributed by atoms with Crippen LogP contribution < -0.4 is 5.32 Å². The van der Waals surface area contributed by atoms with Crippen molar-refractivity contribution in [3.05, 3.63) is 29.0 Å². The normalized spacial score (nSPS) is 25.0. The lowest BCUT2D eigenvalue weighted by Crippen LogP contribution is -2.47. The van der Waals surface area contributed by atoms with Crippen molar-refractivity contribution in [2.75, 3.05) is 17.7 Å². The van der Waals surface area contributed by atoms with Crippen LogP contribution in [0.1, 0.15) is 19.8 Å². The summed E-state index contributed by atoms with van der Waals surface area (Å²) in [5.41, 5.74) is 0.297. The van der Waals surface area contributed by atoms with Gasteiger partial charge in [-0.1, -0.05) is 11.6 Å². The first-order valence-corrected chi connectivity index (χ1v) is 9.04. The maximum Gasteiger partial charge on any atom is 0.330 e. The number of amides is 2. The number of carbonyl (C=O) groups is 3. The van der Waals surface area contributed by atoms with Crippen LogP contribution >= 0.6 is 23.4 Å². The van der Waals surface area contributed by atoms with Crippen molar-refractivity contribution in [3.8, 4) is 0 Å². The molecule has 1 aromatic carbocycles. The predicted octanol–water partition coefficient (Wildman–Crippen LogP) is 2.41. The van der Waals surface area contributed by atoms with E-state index in [0.29, 0.717) is 24.3 Å². The van der Waals surface area contributed by atoms with Crippen molar-refractivity contribution in [1.29, 1.82) is 0 Å². The second-order valence-corrected chi connectivity index (χ2v) is 7.96. The number of benzene rings is 1. The van der Waals surface area contributed by atoms with Crippen LogP contribution in [0.4, 0.5) is 10.1 Å². The van der Waals surface area contributed by atoms with E-state index in [1.54, 1.807) is 16.7 Å². The van der Waals surface area contributed by atoms with Crippen molar-refractivity contribution in [1.82, 2.24) is 4.90 Å². The van der Waals surface area contributed by atoms with Gasteiger partial charge in [0.15, 0.2) is 6.61 Å². The summed E-state index contributed by atoms with van der Waals surface area (Å²) in [4.78, 5) is 37.3. The number of rotatable bonds is 4. The van der Waals surface area contributed by atoms with Crippen LogP contribution in [-0.2, 0) is 19.1 Å². The Morgan fingerprint density at radius 2 is 2.28 bits per heavy atom. The Bertz CT molecular complexity index is 747. The van der Waals surface area contributed by atoms with Crippen molar-refractivity contribution in [2.24, 2.45) is 0 Å². The van der Waals surface area contributed by atoms with E-state index in [0.717, 1.165) is 6.07 Å². The van der Waals surface area contributed by atoms with E-state index < -0.39 is 30.3 Å². The van der Waals surface area contributed by atoms with Gasteiger partial charge in [0.25, 0.3) is 5.91 Å². The molecular weight excluding hydrogens is 371 g/mol. The molecule has 6 nitrogen and oxygen atoms in total. The van der Waals surface area contributed by atoms with E-state index in [1.807, 2.05) is 6.92 Å². The highest BCUT2D eigenvalue weighted by Gasteiger charge is 2.53. The molecule has 0 spiro atoms. The second-order valence-electron chi connectivity index (χ2n) is 6.05. The third-order valence-corrected chi connectivity index (χ3v) is 6.06. The smallest absolute Gasteiger partial charge is 0.330 e. The molecular formula is C16H16ClFN2O4S. The summed E-state index contributed by atoms with van der Waals surface area (Å²) in [6, 6.07) is 3.07. The quantitative estimate of drug-likeness (QED) is 0.804. The Labute approximate surface area is 153 Å². The highest BCUT2D eigenvalue weighted by Crippen LogP contribution is 2.47. The van der Waals surface area contributed by atoms with E-state index in [1.165, 1.54) is 12.1 Å². The first kappa shape index (κ1) is 18.0. The summed E-state index contributed by atoms with van der Waals surface area (Å²) in [5, 5.41) is 2.34. The summed E-state index contributed by atoms with van der Waals surface area (Å²) < 4.78 is 18.1. The summed E-state index contributed by atoms with van der Waals surface area (Å²) in [5.74, 6) is -1.38. The summed E-state index contributed by atoms with van der Waals surface area (Å²) in [7, 11) is 0. The molecule has 0 bridgehead atoms. The molecule has 9 heteroatoms. The van der Waals surface area contributed by atoms with Crippen LogP contribution in [0.15, 0.2) is 18.2 Å². The molecule has 0 saturated carbocycles. The monoisotopic (exact) mass is 386 g/mol. The van der Waals surface area contributed by atoms with E-state index in [9.17, 15) is 18.8 Å². The van der Waals surface area contributed by atoms with E-state index in [2.05, 4.69) is 5.32 Å². The van der Waals surface area contributed by atoms with Crippen LogP contribution in [0.3, 0.4) is 0 Å². The van der Waals surface area contributed by atoms with Crippen molar-refractivity contribution < 1.29 is 23.5 Å². The first-order valence-electron chi connectivity index (χ1n) is 7.68. The number of anilines is 1. The summed E-state index contributed by atoms with van der Waals surface area (Å²) >= 11 is 7.19. The van der Waals surface area contributed by atoms with Gasteiger partial charge in [-0.3, -0.25) is 9.59 Å². The zero-order chi connectivity index (χ0) is 18.2. The molecule has 0 unspecified atom stereocenters. The van der Waals surface area contributed by atoms with Gasteiger partial charge < -0.3 is 15.0 Å². The molecule has 2 heterocycles. The van der Waals surface area contributed by atoms with Gasteiger partial charge in [-0.15, -0.1) is 11.8 Å². The van der Waals surface area contributed by atoms with Crippen molar-refractivity contribution in [2.45, 2.75) is 30.7 Å². The topological polar surface area (TPSA) is 75.7 Å². The van der Waals surface area contributed by atoms with Crippen LogP contribution in [-0.4, -0.2) is 46.0 Å². The molecule has 2 amide bonds. The number of nitrogens with one attached hydrogen (secondary N) is 1. The molecule has 0 aliphatic carbocycles. The molecule has 1 aromatic rings. The van der Waals surface area contributed by atoms with Gasteiger partial charge >= 0.3 is 5.97 Å². The number of ether oxygens (including phenoxy) is 1. The number of hydrogen-bond donors (Lipinski definition) is 1. The van der Waals surface area contributed by atoms with E-state index in [4.69, 9.17) is 16.3 Å². The molecule has 1 N–H and O–H groups in total. The van der Waals surface area contributed by atoms with Crippen LogP contribution in [0, 0.1) is 5.82 Å². The standard InChI is InChI=1S/C16H16ClFN2O4S/c1-16-5-4-14(22)20(16)12(8-25-16)15(23)24-7-13(21)19-9-2-3-11(18)10(17)6-9/h2-3,6,12H,4-5,7-8H2,1H3,(H,19,21)/t12-,16+/m0/s1. The molecule has 0 radical (unpaired) electrons. The Balaban J connectivity index is 1.54. The van der Waals surface area contributed by atoms with Crippen LogP contribution in [0.2, 0.25) is 5.02 Å². The minimum absolute atomic E-state index is 0.0696. The van der Waals surface area contributed by atoms with Gasteiger partial charge in [0.2, 0.25) is 5.91 Å². The Hall–Kier alpha value is -1.80. The molecule has 2 aliphatic heterocycles. The lowest BCUT2D eigenvalue weighted by molar-refractivity contribution is -0.155. The molecule has 0 aromatic heterocycles. The molecule has 2 atom stereocenters. The number of hydrogen-bond acceptors (Lipinski definition) is 5. The second kappa shape index (κ2) is 6.84. The van der Waals surface area contributed by atoms with Crippen molar-refractivity contribution >= 4 is 46.8 Å². The largest absolute Gasteiger partial charge is 0.454 e. The molecule has 2 aliphatic rings. The SMILES string of the molecule is C[C@@]12CCC(=O)N1[C@H](C(=O)OCC(=O)Nc1ccc(F)c(Cl)c1)CS2. The third kappa shape index (κ3) is 3.59. The number of thioether (sulfide) groups is 1. The number of halogens is 2. The fourth-order valence-corrected chi connectivity index (χ4v) is 4.60. The molecule has 2 fully saturated rings. The van der Waals surface area contributed by atoms with Gasteiger partial charge in [-0.05, 0) is 31.5 Å². The number of nitrogens with zero attached hydrogens (tertiary/aromatic N) is 1. The minimum Gasteiger partial charge on any atom is -0.454 e. The number of carbonyl (C=O) groups excluding carboxylic acids is 3. The first-order chi connectivity index (χ1) is 11.8. The summed E-state index contributed by atoms with van der Waals surface area (Å²) in [6.07, 6.45) is 1.12. The lowest BCUT2D eigenvalue weighted by atomic mass is 10.2.